The Kier molecular flexibility index (Phi) is 8.30. The van der Waals surface area contributed by atoms with E-state index in [0.29, 0.717) is 19.8 Å². The highest BCUT2D eigenvalue weighted by Crippen LogP contribution is 2.18. The quantitative estimate of drug-likeness (QED) is 0.682. The average molecular weight is 385 g/mol. The number of hydrogen-bond acceptors (Lipinski definition) is 5. The molecule has 1 aliphatic heterocycles. The molecule has 3 rings (SSSR count). The van der Waals surface area contributed by atoms with Crippen molar-refractivity contribution in [2.75, 3.05) is 53.0 Å². The predicted octanol–water partition coefficient (Wildman–Crippen LogP) is 2.43. The van der Waals surface area contributed by atoms with Crippen LogP contribution in [0.15, 0.2) is 54.6 Å². The lowest BCUT2D eigenvalue weighted by atomic mass is 10.1. The topological polar surface area (TPSA) is 45.2 Å². The fourth-order valence-corrected chi connectivity index (χ4v) is 3.61. The molecule has 152 valence electrons. The van der Waals surface area contributed by atoms with E-state index >= 15 is 0 Å². The summed E-state index contributed by atoms with van der Waals surface area (Å²) in [7, 11) is 1.66. The molecule has 1 aliphatic rings. The Hall–Kier alpha value is -1.92. The summed E-state index contributed by atoms with van der Waals surface area (Å²) < 4.78 is 11.0. The summed E-state index contributed by atoms with van der Waals surface area (Å²) in [6.07, 6.45) is 0.630. The van der Waals surface area contributed by atoms with Gasteiger partial charge in [-0.15, -0.1) is 0 Å². The summed E-state index contributed by atoms with van der Waals surface area (Å²) in [5.74, 6) is 0.823. The van der Waals surface area contributed by atoms with Gasteiger partial charge in [-0.3, -0.25) is 4.90 Å². The first-order valence-corrected chi connectivity index (χ1v) is 10.1. The average Bonchev–Trinajstić information content (AvgIpc) is 2.74. The molecule has 0 aliphatic carbocycles. The first-order chi connectivity index (χ1) is 13.7. The maximum Gasteiger partial charge on any atom is 0.124 e. The minimum absolute atomic E-state index is 0.340. The number of rotatable bonds is 10. The Morgan fingerprint density at radius 1 is 0.929 bits per heavy atom. The van der Waals surface area contributed by atoms with Crippen molar-refractivity contribution in [3.8, 4) is 5.75 Å². The molecule has 1 N–H and O–H groups in total. The number of methoxy groups -OCH3 is 1. The van der Waals surface area contributed by atoms with E-state index in [-0.39, 0.29) is 0 Å². The zero-order valence-electron chi connectivity index (χ0n) is 16.8. The summed E-state index contributed by atoms with van der Waals surface area (Å²) in [4.78, 5) is 4.84. The molecule has 0 aromatic heterocycles. The van der Waals surface area contributed by atoms with Crippen LogP contribution in [-0.4, -0.2) is 74.0 Å². The van der Waals surface area contributed by atoms with Crippen molar-refractivity contribution in [2.24, 2.45) is 0 Å². The number of aliphatic hydroxyl groups is 1. The largest absolute Gasteiger partial charge is 0.496 e. The molecule has 0 bridgehead atoms. The molecule has 1 heterocycles. The van der Waals surface area contributed by atoms with Gasteiger partial charge in [0, 0.05) is 44.8 Å². The van der Waals surface area contributed by atoms with Gasteiger partial charge in [0.05, 0.1) is 26.4 Å². The van der Waals surface area contributed by atoms with Crippen molar-refractivity contribution in [1.82, 2.24) is 9.80 Å². The third kappa shape index (κ3) is 6.60. The van der Waals surface area contributed by atoms with Crippen LogP contribution in [0.1, 0.15) is 11.1 Å². The van der Waals surface area contributed by atoms with Crippen molar-refractivity contribution >= 4 is 0 Å². The summed E-state index contributed by atoms with van der Waals surface area (Å²) >= 11 is 0. The maximum absolute atomic E-state index is 10.3. The van der Waals surface area contributed by atoms with E-state index in [1.54, 1.807) is 7.11 Å². The second-order valence-electron chi connectivity index (χ2n) is 7.36. The van der Waals surface area contributed by atoms with Crippen molar-refractivity contribution < 1.29 is 14.6 Å². The molecule has 1 atom stereocenters. The molecule has 5 nitrogen and oxygen atoms in total. The second-order valence-corrected chi connectivity index (χ2v) is 7.36. The normalized spacial score (nSPS) is 16.8. The first-order valence-electron chi connectivity index (χ1n) is 10.1. The zero-order valence-corrected chi connectivity index (χ0v) is 16.8. The number of nitrogens with zero attached hydrogens (tertiary/aromatic N) is 2. The fraction of sp³-hybridized carbons (Fsp3) is 0.478. The Balaban J connectivity index is 1.31. The second kappa shape index (κ2) is 11.2. The molecule has 1 unspecified atom stereocenters. The highest BCUT2D eigenvalue weighted by atomic mass is 16.5. The lowest BCUT2D eigenvalue weighted by molar-refractivity contribution is 0.00111. The fourth-order valence-electron chi connectivity index (χ4n) is 3.61. The smallest absolute Gasteiger partial charge is 0.124 e. The standard InChI is InChI=1S/C23H32N2O3/c1-27-23-10-6-5-9-21(23)18-28-19-22(26)17-25-15-13-24(14-16-25)12-11-20-7-3-2-4-8-20/h2-10,22,26H,11-19H2,1H3. The lowest BCUT2D eigenvalue weighted by Crippen LogP contribution is -2.49. The minimum Gasteiger partial charge on any atom is -0.496 e. The van der Waals surface area contributed by atoms with E-state index < -0.39 is 6.10 Å². The molecule has 0 saturated carbocycles. The molecule has 2 aromatic carbocycles. The summed E-state index contributed by atoms with van der Waals surface area (Å²) in [5, 5.41) is 10.3. The van der Waals surface area contributed by atoms with E-state index in [0.717, 1.165) is 50.5 Å². The molecule has 0 radical (unpaired) electrons. The van der Waals surface area contributed by atoms with E-state index in [2.05, 4.69) is 40.1 Å². The third-order valence-corrected chi connectivity index (χ3v) is 5.25. The lowest BCUT2D eigenvalue weighted by Gasteiger charge is -2.35. The van der Waals surface area contributed by atoms with Crippen LogP contribution in [0, 0.1) is 0 Å². The van der Waals surface area contributed by atoms with Gasteiger partial charge in [0.2, 0.25) is 0 Å². The minimum atomic E-state index is -0.467. The number of hydrogen-bond donors (Lipinski definition) is 1. The van der Waals surface area contributed by atoms with E-state index in [1.165, 1.54) is 5.56 Å². The van der Waals surface area contributed by atoms with Gasteiger partial charge >= 0.3 is 0 Å². The monoisotopic (exact) mass is 384 g/mol. The van der Waals surface area contributed by atoms with Gasteiger partial charge in [0.1, 0.15) is 5.75 Å². The molecule has 28 heavy (non-hydrogen) atoms. The van der Waals surface area contributed by atoms with Crippen LogP contribution in [0.3, 0.4) is 0 Å². The SMILES string of the molecule is COc1ccccc1COCC(O)CN1CCN(CCc2ccccc2)CC1. The number of benzene rings is 2. The number of aliphatic hydroxyl groups excluding tert-OH is 1. The number of β-amino-alcohol motifs (C(OH)–C–C–N with tert-alkyl or cyclic N) is 1. The van der Waals surface area contributed by atoms with E-state index in [1.807, 2.05) is 24.3 Å². The number of ether oxygens (including phenoxy) is 2. The Morgan fingerprint density at radius 3 is 2.36 bits per heavy atom. The first kappa shape index (κ1) is 20.8. The molecule has 2 aromatic rings. The van der Waals surface area contributed by atoms with Crippen LogP contribution in [0.25, 0.3) is 0 Å². The summed E-state index contributed by atoms with van der Waals surface area (Å²) in [6, 6.07) is 18.5. The van der Waals surface area contributed by atoms with Crippen LogP contribution < -0.4 is 4.74 Å². The van der Waals surface area contributed by atoms with Gasteiger partial charge in [-0.1, -0.05) is 48.5 Å². The van der Waals surface area contributed by atoms with E-state index in [9.17, 15) is 5.11 Å². The van der Waals surface area contributed by atoms with Crippen LogP contribution >= 0.6 is 0 Å². The zero-order chi connectivity index (χ0) is 19.6. The van der Waals surface area contributed by atoms with Gasteiger partial charge < -0.3 is 19.5 Å². The maximum atomic E-state index is 10.3. The van der Waals surface area contributed by atoms with Crippen LogP contribution in [0.2, 0.25) is 0 Å². The van der Waals surface area contributed by atoms with Crippen molar-refractivity contribution in [3.05, 3.63) is 65.7 Å². The van der Waals surface area contributed by atoms with Crippen LogP contribution in [0.4, 0.5) is 0 Å². The predicted molar refractivity (Wildman–Crippen MR) is 112 cm³/mol. The Bertz CT molecular complexity index is 687. The Labute approximate surface area is 168 Å². The molecular formula is C23H32N2O3. The van der Waals surface area contributed by atoms with Crippen molar-refractivity contribution in [2.45, 2.75) is 19.1 Å². The van der Waals surface area contributed by atoms with Crippen molar-refractivity contribution in [3.63, 3.8) is 0 Å². The van der Waals surface area contributed by atoms with E-state index in [4.69, 9.17) is 9.47 Å². The molecule has 0 amide bonds. The van der Waals surface area contributed by atoms with Crippen molar-refractivity contribution in [1.29, 1.82) is 0 Å². The summed E-state index contributed by atoms with van der Waals surface area (Å²) in [5.41, 5.74) is 2.40. The van der Waals surface area contributed by atoms with Gasteiger partial charge in [0.15, 0.2) is 0 Å². The molecule has 0 spiro atoms. The molecular weight excluding hydrogens is 352 g/mol. The highest BCUT2D eigenvalue weighted by Gasteiger charge is 2.19. The third-order valence-electron chi connectivity index (χ3n) is 5.25. The van der Waals surface area contributed by atoms with Gasteiger partial charge in [0.25, 0.3) is 0 Å². The molecule has 5 heteroatoms. The number of piperazine rings is 1. The highest BCUT2D eigenvalue weighted by molar-refractivity contribution is 5.32. The number of para-hydroxylation sites is 1. The Morgan fingerprint density at radius 2 is 1.61 bits per heavy atom. The van der Waals surface area contributed by atoms with Crippen LogP contribution in [0.5, 0.6) is 5.75 Å². The molecule has 1 saturated heterocycles. The van der Waals surface area contributed by atoms with Gasteiger partial charge in [-0.25, -0.2) is 0 Å². The van der Waals surface area contributed by atoms with Gasteiger partial charge in [-0.05, 0) is 18.1 Å². The summed E-state index contributed by atoms with van der Waals surface area (Å²) in [6.45, 7) is 6.67. The van der Waals surface area contributed by atoms with Crippen LogP contribution in [-0.2, 0) is 17.8 Å². The molecule has 1 fully saturated rings. The van der Waals surface area contributed by atoms with Gasteiger partial charge in [-0.2, -0.15) is 0 Å².